The van der Waals surface area contributed by atoms with Crippen LogP contribution in [0.25, 0.3) is 0 Å². The predicted molar refractivity (Wildman–Crippen MR) is 186 cm³/mol. The quantitative estimate of drug-likeness (QED) is 0.421. The number of carbonyl (C=O) groups excluding carboxylic acids is 6. The predicted octanol–water partition coefficient (Wildman–Crippen LogP) is 2.78. The first kappa shape index (κ1) is 39.5. The molecular formula is C37H57N5O7. The molecular weight excluding hydrogens is 626 g/mol. The van der Waals surface area contributed by atoms with Crippen molar-refractivity contribution >= 4 is 35.5 Å². The zero-order chi connectivity index (χ0) is 36.6. The summed E-state index contributed by atoms with van der Waals surface area (Å²) in [5.41, 5.74) is 0.808. The molecule has 5 amide bonds. The van der Waals surface area contributed by atoms with Gasteiger partial charge in [-0.2, -0.15) is 0 Å². The third-order valence-electron chi connectivity index (χ3n) is 9.47. The third-order valence-corrected chi connectivity index (χ3v) is 9.47. The Morgan fingerprint density at radius 2 is 1.45 bits per heavy atom. The molecule has 2 aliphatic heterocycles. The number of rotatable bonds is 7. The molecule has 0 bridgehead atoms. The van der Waals surface area contributed by atoms with Crippen LogP contribution in [0.5, 0.6) is 0 Å². The summed E-state index contributed by atoms with van der Waals surface area (Å²) in [5, 5.41) is 5.74. The number of ether oxygens (including phenoxy) is 1. The van der Waals surface area contributed by atoms with Gasteiger partial charge in [0.2, 0.25) is 23.6 Å². The molecule has 12 heteroatoms. The molecule has 12 nitrogen and oxygen atoms in total. The highest BCUT2D eigenvalue weighted by Gasteiger charge is 2.45. The number of nitrogens with zero attached hydrogens (tertiary/aromatic N) is 3. The van der Waals surface area contributed by atoms with Crippen LogP contribution in [0.2, 0.25) is 0 Å². The normalized spacial score (nSPS) is 27.1. The van der Waals surface area contributed by atoms with E-state index in [9.17, 15) is 28.8 Å². The second-order valence-corrected chi connectivity index (χ2v) is 14.9. The minimum Gasteiger partial charge on any atom is -0.452 e. The summed E-state index contributed by atoms with van der Waals surface area (Å²) in [6.45, 7) is 13.5. The number of esters is 1. The molecule has 2 aliphatic rings. The Bertz CT molecular complexity index is 1330. The molecule has 6 atom stereocenters. The summed E-state index contributed by atoms with van der Waals surface area (Å²) in [6, 6.07) is 5.54. The SMILES string of the molecule is CC(C)CC1OC(=O)CCNC(=O)C(CC(C)C)N(C)C(=O)[C@H](C(C)C)N(C)C(=O)[C@H](Cc2ccccc2)NC(=O)[C@@H]2C(C)CCN2C1=O. The van der Waals surface area contributed by atoms with Crippen molar-refractivity contribution in [1.29, 1.82) is 0 Å². The Hall–Kier alpha value is -3.96. The number of cyclic esters (lactones) is 1. The number of fused-ring (bicyclic) bond motifs is 1. The van der Waals surface area contributed by atoms with E-state index in [0.29, 0.717) is 19.4 Å². The molecule has 2 N–H and O–H groups in total. The van der Waals surface area contributed by atoms with E-state index in [1.165, 1.54) is 14.7 Å². The number of hydrogen-bond donors (Lipinski definition) is 2. The summed E-state index contributed by atoms with van der Waals surface area (Å²) in [6.07, 6.45) is 0.0503. The van der Waals surface area contributed by atoms with Gasteiger partial charge < -0.3 is 30.1 Å². The second-order valence-electron chi connectivity index (χ2n) is 14.9. The molecule has 2 saturated heterocycles. The largest absolute Gasteiger partial charge is 0.452 e. The van der Waals surface area contributed by atoms with Crippen LogP contribution in [0, 0.1) is 23.7 Å². The Labute approximate surface area is 291 Å². The number of carbonyl (C=O) groups is 6. The van der Waals surface area contributed by atoms with Gasteiger partial charge in [-0.15, -0.1) is 0 Å². The molecule has 1 aromatic rings. The second kappa shape index (κ2) is 17.6. The van der Waals surface area contributed by atoms with Crippen LogP contribution in [0.15, 0.2) is 30.3 Å². The maximum atomic E-state index is 14.4. The maximum Gasteiger partial charge on any atom is 0.308 e. The van der Waals surface area contributed by atoms with Gasteiger partial charge in [-0.05, 0) is 48.5 Å². The lowest BCUT2D eigenvalue weighted by atomic mass is 9.96. The fraction of sp³-hybridized carbons (Fsp3) is 0.676. The lowest BCUT2D eigenvalue weighted by Crippen LogP contribution is -2.60. The fourth-order valence-corrected chi connectivity index (χ4v) is 6.87. The van der Waals surface area contributed by atoms with Gasteiger partial charge in [0.05, 0.1) is 6.42 Å². The molecule has 272 valence electrons. The van der Waals surface area contributed by atoms with Gasteiger partial charge in [0, 0.05) is 33.6 Å². The van der Waals surface area contributed by atoms with Crippen LogP contribution in [0.1, 0.15) is 79.7 Å². The minimum absolute atomic E-state index is 0.0116. The molecule has 0 saturated carbocycles. The van der Waals surface area contributed by atoms with Crippen molar-refractivity contribution in [3.8, 4) is 0 Å². The van der Waals surface area contributed by atoms with Gasteiger partial charge in [-0.25, -0.2) is 0 Å². The van der Waals surface area contributed by atoms with E-state index in [4.69, 9.17) is 4.74 Å². The summed E-state index contributed by atoms with van der Waals surface area (Å²) in [5.74, 6) is -3.37. The van der Waals surface area contributed by atoms with Crippen molar-refractivity contribution in [2.24, 2.45) is 23.7 Å². The lowest BCUT2D eigenvalue weighted by Gasteiger charge is -2.38. The lowest BCUT2D eigenvalue weighted by molar-refractivity contribution is -0.162. The molecule has 3 rings (SSSR count). The molecule has 2 heterocycles. The van der Waals surface area contributed by atoms with E-state index in [1.54, 1.807) is 14.1 Å². The molecule has 1 aromatic carbocycles. The zero-order valence-corrected chi connectivity index (χ0v) is 30.7. The minimum atomic E-state index is -1.11. The molecule has 0 spiro atoms. The van der Waals surface area contributed by atoms with Crippen LogP contribution in [0.4, 0.5) is 0 Å². The van der Waals surface area contributed by atoms with Gasteiger partial charge in [-0.1, -0.05) is 78.8 Å². The van der Waals surface area contributed by atoms with Gasteiger partial charge >= 0.3 is 5.97 Å². The highest BCUT2D eigenvalue weighted by atomic mass is 16.5. The maximum absolute atomic E-state index is 14.4. The van der Waals surface area contributed by atoms with Crippen LogP contribution in [-0.2, 0) is 39.9 Å². The Balaban J connectivity index is 2.11. The first-order valence-corrected chi connectivity index (χ1v) is 17.7. The van der Waals surface area contributed by atoms with Crippen LogP contribution < -0.4 is 10.6 Å². The van der Waals surface area contributed by atoms with Crippen LogP contribution >= 0.6 is 0 Å². The van der Waals surface area contributed by atoms with Crippen molar-refractivity contribution in [3.63, 3.8) is 0 Å². The molecule has 0 aromatic heterocycles. The number of amides is 5. The van der Waals surface area contributed by atoms with E-state index in [1.807, 2.05) is 78.8 Å². The van der Waals surface area contributed by atoms with Gasteiger partial charge in [-0.3, -0.25) is 28.8 Å². The Kier molecular flexibility index (Phi) is 14.2. The molecule has 3 unspecified atom stereocenters. The van der Waals surface area contributed by atoms with E-state index in [2.05, 4.69) is 10.6 Å². The third kappa shape index (κ3) is 10.3. The van der Waals surface area contributed by atoms with Crippen molar-refractivity contribution in [2.45, 2.75) is 111 Å². The van der Waals surface area contributed by atoms with Crippen molar-refractivity contribution in [2.75, 3.05) is 27.2 Å². The average Bonchev–Trinajstić information content (AvgIpc) is 3.42. The molecule has 2 fully saturated rings. The van der Waals surface area contributed by atoms with Crippen LogP contribution in [0.3, 0.4) is 0 Å². The summed E-state index contributed by atoms with van der Waals surface area (Å²) in [7, 11) is 3.11. The van der Waals surface area contributed by atoms with Gasteiger partial charge in [0.1, 0.15) is 24.2 Å². The van der Waals surface area contributed by atoms with E-state index in [-0.39, 0.29) is 49.5 Å². The smallest absolute Gasteiger partial charge is 0.308 e. The van der Waals surface area contributed by atoms with E-state index >= 15 is 0 Å². The van der Waals surface area contributed by atoms with Crippen molar-refractivity contribution in [1.82, 2.24) is 25.3 Å². The summed E-state index contributed by atoms with van der Waals surface area (Å²) in [4.78, 5) is 87.5. The standard InChI is InChI=1S/C37H57N5O7/c1-22(2)19-28-33(44)38-17-15-30(43)49-29(20-23(3)4)36(47)42-18-16-25(7)32(42)34(45)39-27(21-26-13-11-10-12-14-26)35(46)41(9)31(24(5)6)37(48)40(28)8/h10-14,22-25,27-29,31-32H,15-21H2,1-9H3,(H,38,44)(H,39,45)/t25?,27-,28?,29?,31-,32-/m0/s1. The monoisotopic (exact) mass is 683 g/mol. The van der Waals surface area contributed by atoms with Crippen molar-refractivity contribution < 1.29 is 33.5 Å². The first-order chi connectivity index (χ1) is 23.0. The summed E-state index contributed by atoms with van der Waals surface area (Å²) < 4.78 is 5.72. The number of nitrogens with one attached hydrogen (secondary N) is 2. The van der Waals surface area contributed by atoms with Crippen LogP contribution in [-0.4, -0.2) is 108 Å². The highest BCUT2D eigenvalue weighted by molar-refractivity contribution is 5.96. The van der Waals surface area contributed by atoms with Gasteiger partial charge in [0.15, 0.2) is 6.10 Å². The molecule has 49 heavy (non-hydrogen) atoms. The summed E-state index contributed by atoms with van der Waals surface area (Å²) >= 11 is 0. The molecule has 0 aliphatic carbocycles. The number of likely N-dealkylation sites (N-methyl/N-ethyl adjacent to an activating group) is 2. The number of hydrogen-bond acceptors (Lipinski definition) is 7. The molecule has 0 radical (unpaired) electrons. The van der Waals surface area contributed by atoms with E-state index < -0.39 is 65.8 Å². The van der Waals surface area contributed by atoms with Gasteiger partial charge in [0.25, 0.3) is 5.91 Å². The highest BCUT2D eigenvalue weighted by Crippen LogP contribution is 2.27. The van der Waals surface area contributed by atoms with E-state index in [0.717, 1.165) is 5.56 Å². The Morgan fingerprint density at radius 3 is 2.04 bits per heavy atom. The fourth-order valence-electron chi connectivity index (χ4n) is 6.87. The number of benzene rings is 1. The average molecular weight is 684 g/mol. The Morgan fingerprint density at radius 1 is 0.816 bits per heavy atom. The first-order valence-electron chi connectivity index (χ1n) is 17.7. The zero-order valence-electron chi connectivity index (χ0n) is 30.7. The topological polar surface area (TPSA) is 145 Å². The van der Waals surface area contributed by atoms with Crippen molar-refractivity contribution in [3.05, 3.63) is 35.9 Å².